The molecule has 2 fully saturated rings. The van der Waals surface area contributed by atoms with E-state index in [0.29, 0.717) is 31.7 Å². The van der Waals surface area contributed by atoms with Gasteiger partial charge in [-0.15, -0.1) is 11.3 Å². The molecule has 1 spiro atoms. The van der Waals surface area contributed by atoms with Crippen LogP contribution in [0.4, 0.5) is 4.79 Å². The number of nitrogens with zero attached hydrogens (tertiary/aromatic N) is 3. The first kappa shape index (κ1) is 13.6. The lowest BCUT2D eigenvalue weighted by Crippen LogP contribution is -2.36. The SMILES string of the molecule is O=C1NCC2(CCCN(C(=O)c3cn4ccsc4n3)CC2)O1. The van der Waals surface area contributed by atoms with Gasteiger partial charge in [0.15, 0.2) is 4.96 Å². The lowest BCUT2D eigenvalue weighted by Gasteiger charge is -2.24. The van der Waals surface area contributed by atoms with Crippen molar-refractivity contribution in [3.63, 3.8) is 0 Å². The maximum atomic E-state index is 12.6. The molecule has 2 aliphatic heterocycles. The molecule has 2 aromatic rings. The van der Waals surface area contributed by atoms with Crippen molar-refractivity contribution < 1.29 is 14.3 Å². The maximum Gasteiger partial charge on any atom is 0.407 e. The molecule has 8 heteroatoms. The summed E-state index contributed by atoms with van der Waals surface area (Å²) in [6, 6.07) is 0. The molecule has 0 bridgehead atoms. The molecule has 2 aliphatic rings. The smallest absolute Gasteiger partial charge is 0.407 e. The third-order valence-electron chi connectivity index (χ3n) is 4.36. The van der Waals surface area contributed by atoms with E-state index in [1.807, 2.05) is 20.9 Å². The zero-order valence-electron chi connectivity index (χ0n) is 11.9. The van der Waals surface area contributed by atoms with Crippen LogP contribution >= 0.6 is 11.3 Å². The fourth-order valence-corrected chi connectivity index (χ4v) is 3.84. The lowest BCUT2D eigenvalue weighted by atomic mass is 9.95. The van der Waals surface area contributed by atoms with Crippen molar-refractivity contribution in [2.75, 3.05) is 19.6 Å². The molecule has 4 heterocycles. The molecule has 1 unspecified atom stereocenters. The van der Waals surface area contributed by atoms with E-state index in [1.54, 1.807) is 6.20 Å². The monoisotopic (exact) mass is 320 g/mol. The number of ether oxygens (including phenoxy) is 1. The largest absolute Gasteiger partial charge is 0.441 e. The van der Waals surface area contributed by atoms with Crippen LogP contribution in [-0.2, 0) is 4.74 Å². The minimum Gasteiger partial charge on any atom is -0.441 e. The molecule has 2 aromatic heterocycles. The Balaban J connectivity index is 1.50. The molecule has 116 valence electrons. The number of imidazole rings is 1. The normalized spacial score (nSPS) is 25.3. The van der Waals surface area contributed by atoms with Crippen LogP contribution < -0.4 is 5.32 Å². The molecule has 1 N–H and O–H groups in total. The van der Waals surface area contributed by atoms with Gasteiger partial charge in [-0.3, -0.25) is 9.20 Å². The van der Waals surface area contributed by atoms with E-state index in [9.17, 15) is 9.59 Å². The third-order valence-corrected chi connectivity index (χ3v) is 5.13. The molecule has 7 nitrogen and oxygen atoms in total. The van der Waals surface area contributed by atoms with Gasteiger partial charge in [0, 0.05) is 37.3 Å². The molecular weight excluding hydrogens is 304 g/mol. The predicted molar refractivity (Wildman–Crippen MR) is 80.0 cm³/mol. The van der Waals surface area contributed by atoms with Crippen molar-refractivity contribution in [2.45, 2.75) is 24.9 Å². The Hall–Kier alpha value is -2.09. The summed E-state index contributed by atoms with van der Waals surface area (Å²) in [5, 5.41) is 4.66. The van der Waals surface area contributed by atoms with E-state index >= 15 is 0 Å². The highest BCUT2D eigenvalue weighted by Gasteiger charge is 2.42. The number of carbonyl (C=O) groups excluding carboxylic acids is 2. The molecule has 22 heavy (non-hydrogen) atoms. The quantitative estimate of drug-likeness (QED) is 0.864. The van der Waals surface area contributed by atoms with E-state index in [0.717, 1.165) is 17.8 Å². The molecular formula is C14H16N4O3S. The fourth-order valence-electron chi connectivity index (χ4n) is 3.14. The van der Waals surface area contributed by atoms with Gasteiger partial charge < -0.3 is 15.0 Å². The Morgan fingerprint density at radius 1 is 1.41 bits per heavy atom. The van der Waals surface area contributed by atoms with E-state index in [2.05, 4.69) is 10.3 Å². The van der Waals surface area contributed by atoms with Crippen molar-refractivity contribution in [2.24, 2.45) is 0 Å². The molecule has 2 saturated heterocycles. The summed E-state index contributed by atoms with van der Waals surface area (Å²) < 4.78 is 7.29. The molecule has 2 amide bonds. The number of alkyl carbamates (subject to hydrolysis) is 1. The van der Waals surface area contributed by atoms with Gasteiger partial charge >= 0.3 is 6.09 Å². The lowest BCUT2D eigenvalue weighted by molar-refractivity contribution is 0.0438. The number of amides is 2. The summed E-state index contributed by atoms with van der Waals surface area (Å²) in [6.07, 6.45) is 5.59. The standard InChI is InChI=1S/C14H16N4O3S/c19-11(10-8-18-6-7-22-12(18)16-10)17-4-1-2-14(3-5-17)9-15-13(20)21-14/h6-8H,1-5,9H2,(H,15,20). The summed E-state index contributed by atoms with van der Waals surface area (Å²) in [6.45, 7) is 1.79. The van der Waals surface area contributed by atoms with E-state index < -0.39 is 5.60 Å². The minimum absolute atomic E-state index is 0.0507. The van der Waals surface area contributed by atoms with Crippen LogP contribution in [0.1, 0.15) is 29.8 Å². The van der Waals surface area contributed by atoms with Crippen LogP contribution in [0.5, 0.6) is 0 Å². The summed E-state index contributed by atoms with van der Waals surface area (Å²) >= 11 is 1.51. The number of likely N-dealkylation sites (tertiary alicyclic amines) is 1. The van der Waals surface area contributed by atoms with Gasteiger partial charge in [-0.05, 0) is 12.8 Å². The molecule has 0 radical (unpaired) electrons. The van der Waals surface area contributed by atoms with Crippen LogP contribution in [0.3, 0.4) is 0 Å². The summed E-state index contributed by atoms with van der Waals surface area (Å²) in [5.74, 6) is -0.0507. The van der Waals surface area contributed by atoms with Gasteiger partial charge in [0.25, 0.3) is 5.91 Å². The van der Waals surface area contributed by atoms with Crippen LogP contribution in [0, 0.1) is 0 Å². The zero-order chi connectivity index (χ0) is 15.2. The zero-order valence-corrected chi connectivity index (χ0v) is 12.8. The number of rotatable bonds is 1. The third kappa shape index (κ3) is 2.23. The Morgan fingerprint density at radius 3 is 3.09 bits per heavy atom. The number of hydrogen-bond acceptors (Lipinski definition) is 5. The number of carbonyl (C=O) groups is 2. The highest BCUT2D eigenvalue weighted by molar-refractivity contribution is 7.15. The molecule has 0 aromatic carbocycles. The fraction of sp³-hybridized carbons (Fsp3) is 0.500. The van der Waals surface area contributed by atoms with Gasteiger partial charge in [-0.2, -0.15) is 0 Å². The number of hydrogen-bond donors (Lipinski definition) is 1. The number of nitrogens with one attached hydrogen (secondary N) is 1. The topological polar surface area (TPSA) is 75.9 Å². The van der Waals surface area contributed by atoms with Gasteiger partial charge in [0.1, 0.15) is 11.3 Å². The van der Waals surface area contributed by atoms with Gasteiger partial charge in [-0.25, -0.2) is 9.78 Å². The Labute approximate surface area is 130 Å². The average molecular weight is 320 g/mol. The van der Waals surface area contributed by atoms with Crippen LogP contribution in [0.2, 0.25) is 0 Å². The molecule has 4 rings (SSSR count). The van der Waals surface area contributed by atoms with Crippen LogP contribution in [-0.4, -0.2) is 51.5 Å². The maximum absolute atomic E-state index is 12.6. The summed E-state index contributed by atoms with van der Waals surface area (Å²) in [7, 11) is 0. The first-order valence-electron chi connectivity index (χ1n) is 7.34. The van der Waals surface area contributed by atoms with Crippen molar-refractivity contribution in [3.8, 4) is 0 Å². The van der Waals surface area contributed by atoms with Crippen LogP contribution in [0.15, 0.2) is 17.8 Å². The summed E-state index contributed by atoms with van der Waals surface area (Å²) in [4.78, 5) is 30.9. The first-order chi connectivity index (χ1) is 10.7. The van der Waals surface area contributed by atoms with Crippen molar-refractivity contribution >= 4 is 28.3 Å². The Bertz CT molecular complexity index is 711. The molecule has 0 aliphatic carbocycles. The second-order valence-electron chi connectivity index (χ2n) is 5.79. The summed E-state index contributed by atoms with van der Waals surface area (Å²) in [5.41, 5.74) is 0.0325. The first-order valence-corrected chi connectivity index (χ1v) is 8.22. The molecule has 0 saturated carbocycles. The molecule has 1 atom stereocenters. The van der Waals surface area contributed by atoms with Crippen LogP contribution in [0.25, 0.3) is 4.96 Å². The van der Waals surface area contributed by atoms with Crippen molar-refractivity contribution in [3.05, 3.63) is 23.5 Å². The highest BCUT2D eigenvalue weighted by atomic mass is 32.1. The van der Waals surface area contributed by atoms with Crippen molar-refractivity contribution in [1.82, 2.24) is 19.6 Å². The highest BCUT2D eigenvalue weighted by Crippen LogP contribution is 2.29. The Morgan fingerprint density at radius 2 is 2.32 bits per heavy atom. The van der Waals surface area contributed by atoms with E-state index in [-0.39, 0.29) is 12.0 Å². The van der Waals surface area contributed by atoms with Gasteiger partial charge in [0.05, 0.1) is 6.54 Å². The second-order valence-corrected chi connectivity index (χ2v) is 6.66. The number of aromatic nitrogens is 2. The Kier molecular flexibility index (Phi) is 3.07. The second kappa shape index (κ2) is 4.98. The number of fused-ring (bicyclic) bond motifs is 1. The van der Waals surface area contributed by atoms with E-state index in [4.69, 9.17) is 4.74 Å². The van der Waals surface area contributed by atoms with Gasteiger partial charge in [0.2, 0.25) is 0 Å². The predicted octanol–water partition coefficient (Wildman–Crippen LogP) is 1.50. The average Bonchev–Trinajstić information content (AvgIpc) is 3.13. The van der Waals surface area contributed by atoms with Crippen molar-refractivity contribution in [1.29, 1.82) is 0 Å². The minimum atomic E-state index is -0.444. The number of thiazole rings is 1. The van der Waals surface area contributed by atoms with E-state index in [1.165, 1.54) is 11.3 Å². The van der Waals surface area contributed by atoms with Gasteiger partial charge in [-0.1, -0.05) is 0 Å².